The van der Waals surface area contributed by atoms with Gasteiger partial charge in [-0.25, -0.2) is 0 Å². The predicted octanol–water partition coefficient (Wildman–Crippen LogP) is 0.518. The molecule has 11 heavy (non-hydrogen) atoms. The Labute approximate surface area is 68.0 Å². The number of amides is 1. The maximum atomic E-state index is 11.1. The van der Waals surface area contributed by atoms with E-state index >= 15 is 0 Å². The Kier molecular flexibility index (Phi) is 2.88. The maximum Gasteiger partial charge on any atom is 0.223 e. The average molecular weight is 156 g/mol. The molecule has 0 saturated carbocycles. The quantitative estimate of drug-likeness (QED) is 0.594. The molecule has 0 bridgehead atoms. The number of carbonyl (C=O) groups excluding carboxylic acids is 1. The molecule has 0 aliphatic carbocycles. The fraction of sp³-hybridized carbons (Fsp3) is 0.875. The Morgan fingerprint density at radius 3 is 2.82 bits per heavy atom. The van der Waals surface area contributed by atoms with E-state index in [1.54, 1.807) is 0 Å². The second-order valence-corrected chi connectivity index (χ2v) is 3.07. The first kappa shape index (κ1) is 8.53. The van der Waals surface area contributed by atoms with Gasteiger partial charge < -0.3 is 4.90 Å². The Bertz CT molecular complexity index is 147. The van der Waals surface area contributed by atoms with Gasteiger partial charge in [0, 0.05) is 13.0 Å². The molecule has 0 aromatic heterocycles. The van der Waals surface area contributed by atoms with Crippen LogP contribution in [0.4, 0.5) is 0 Å². The van der Waals surface area contributed by atoms with E-state index < -0.39 is 0 Å². The Morgan fingerprint density at radius 1 is 1.64 bits per heavy atom. The molecule has 0 radical (unpaired) electrons. The molecule has 1 heterocycles. The molecule has 0 spiro atoms. The van der Waals surface area contributed by atoms with E-state index in [1.807, 2.05) is 11.9 Å². The second-order valence-electron chi connectivity index (χ2n) is 3.07. The lowest BCUT2D eigenvalue weighted by Gasteiger charge is -2.22. The largest absolute Gasteiger partial charge is 0.330 e. The molecule has 1 saturated heterocycles. The zero-order valence-corrected chi connectivity index (χ0v) is 7.34. The highest BCUT2D eigenvalue weighted by Gasteiger charge is 2.20. The highest BCUT2D eigenvalue weighted by molar-refractivity contribution is 5.77. The lowest BCUT2D eigenvalue weighted by Crippen LogP contribution is -2.36. The summed E-state index contributed by atoms with van der Waals surface area (Å²) in [5.41, 5.74) is 0. The Balaban J connectivity index is 2.30. The topological polar surface area (TPSA) is 23.6 Å². The predicted molar refractivity (Wildman–Crippen MR) is 44.1 cm³/mol. The van der Waals surface area contributed by atoms with Gasteiger partial charge in [0.2, 0.25) is 5.91 Å². The average Bonchev–Trinajstić information content (AvgIpc) is 2.37. The normalized spacial score (nSPS) is 18.5. The molecule has 0 aromatic rings. The third-order valence-electron chi connectivity index (χ3n) is 2.12. The van der Waals surface area contributed by atoms with Crippen LogP contribution in [0, 0.1) is 0 Å². The van der Waals surface area contributed by atoms with Gasteiger partial charge >= 0.3 is 0 Å². The summed E-state index contributed by atoms with van der Waals surface area (Å²) >= 11 is 0. The molecule has 0 unspecified atom stereocenters. The van der Waals surface area contributed by atoms with Crippen molar-refractivity contribution in [2.45, 2.75) is 19.8 Å². The summed E-state index contributed by atoms with van der Waals surface area (Å²) < 4.78 is 0. The SMILES string of the molecule is CCN(C)CN1CCCC1=O. The van der Waals surface area contributed by atoms with Crippen LogP contribution >= 0.6 is 0 Å². The van der Waals surface area contributed by atoms with Crippen molar-refractivity contribution in [1.82, 2.24) is 9.80 Å². The van der Waals surface area contributed by atoms with Crippen molar-refractivity contribution in [2.24, 2.45) is 0 Å². The van der Waals surface area contributed by atoms with Crippen LogP contribution in [-0.4, -0.2) is 42.5 Å². The highest BCUT2D eigenvalue weighted by atomic mass is 16.2. The minimum absolute atomic E-state index is 0.310. The molecule has 64 valence electrons. The minimum Gasteiger partial charge on any atom is -0.330 e. The fourth-order valence-corrected chi connectivity index (χ4v) is 1.24. The van der Waals surface area contributed by atoms with Crippen molar-refractivity contribution in [3.8, 4) is 0 Å². The zero-order valence-electron chi connectivity index (χ0n) is 7.34. The van der Waals surface area contributed by atoms with Gasteiger partial charge in [0.25, 0.3) is 0 Å². The molecule has 3 heteroatoms. The lowest BCUT2D eigenvalue weighted by molar-refractivity contribution is -0.129. The van der Waals surface area contributed by atoms with Gasteiger partial charge in [-0.05, 0) is 20.0 Å². The van der Waals surface area contributed by atoms with Crippen LogP contribution in [0.15, 0.2) is 0 Å². The van der Waals surface area contributed by atoms with Gasteiger partial charge in [-0.1, -0.05) is 6.92 Å². The first-order valence-corrected chi connectivity index (χ1v) is 4.20. The zero-order chi connectivity index (χ0) is 8.27. The molecular weight excluding hydrogens is 140 g/mol. The van der Waals surface area contributed by atoms with Gasteiger partial charge in [-0.2, -0.15) is 0 Å². The first-order chi connectivity index (χ1) is 5.24. The van der Waals surface area contributed by atoms with E-state index in [0.717, 1.165) is 32.6 Å². The smallest absolute Gasteiger partial charge is 0.223 e. The third-order valence-corrected chi connectivity index (χ3v) is 2.12. The number of nitrogens with zero attached hydrogens (tertiary/aromatic N) is 2. The number of hydrogen-bond acceptors (Lipinski definition) is 2. The van der Waals surface area contributed by atoms with Crippen LogP contribution in [0.5, 0.6) is 0 Å². The van der Waals surface area contributed by atoms with Crippen molar-refractivity contribution in [3.63, 3.8) is 0 Å². The molecule has 1 fully saturated rings. The van der Waals surface area contributed by atoms with E-state index in [2.05, 4.69) is 11.8 Å². The van der Waals surface area contributed by atoms with Gasteiger partial charge in [0.15, 0.2) is 0 Å². The summed E-state index contributed by atoms with van der Waals surface area (Å²) in [6.07, 6.45) is 1.79. The van der Waals surface area contributed by atoms with Crippen LogP contribution in [0.1, 0.15) is 19.8 Å². The van der Waals surface area contributed by atoms with Crippen LogP contribution in [0.25, 0.3) is 0 Å². The van der Waals surface area contributed by atoms with Crippen molar-refractivity contribution in [1.29, 1.82) is 0 Å². The summed E-state index contributed by atoms with van der Waals surface area (Å²) in [7, 11) is 2.03. The molecule has 1 aliphatic heterocycles. The van der Waals surface area contributed by atoms with E-state index in [-0.39, 0.29) is 0 Å². The van der Waals surface area contributed by atoms with Crippen LogP contribution in [-0.2, 0) is 4.79 Å². The molecule has 3 nitrogen and oxygen atoms in total. The minimum atomic E-state index is 0.310. The summed E-state index contributed by atoms with van der Waals surface area (Å²) in [4.78, 5) is 15.2. The Hall–Kier alpha value is -0.570. The summed E-state index contributed by atoms with van der Waals surface area (Å²) in [6.45, 7) is 4.85. The van der Waals surface area contributed by atoms with E-state index in [1.165, 1.54) is 0 Å². The second kappa shape index (κ2) is 3.72. The van der Waals surface area contributed by atoms with Crippen molar-refractivity contribution in [2.75, 3.05) is 26.8 Å². The molecule has 1 rings (SSSR count). The van der Waals surface area contributed by atoms with E-state index in [9.17, 15) is 4.79 Å². The molecule has 0 aromatic carbocycles. The maximum absolute atomic E-state index is 11.1. The van der Waals surface area contributed by atoms with Gasteiger partial charge in [-0.15, -0.1) is 0 Å². The van der Waals surface area contributed by atoms with Crippen LogP contribution in [0.2, 0.25) is 0 Å². The monoisotopic (exact) mass is 156 g/mol. The van der Waals surface area contributed by atoms with E-state index in [4.69, 9.17) is 0 Å². The van der Waals surface area contributed by atoms with E-state index in [0.29, 0.717) is 5.91 Å². The van der Waals surface area contributed by atoms with Gasteiger partial charge in [-0.3, -0.25) is 9.69 Å². The van der Waals surface area contributed by atoms with Crippen LogP contribution < -0.4 is 0 Å². The Morgan fingerprint density at radius 2 is 2.36 bits per heavy atom. The highest BCUT2D eigenvalue weighted by Crippen LogP contribution is 2.08. The van der Waals surface area contributed by atoms with Crippen LogP contribution in [0.3, 0.4) is 0 Å². The van der Waals surface area contributed by atoms with Crippen molar-refractivity contribution in [3.05, 3.63) is 0 Å². The summed E-state index contributed by atoms with van der Waals surface area (Å²) in [5, 5.41) is 0. The summed E-state index contributed by atoms with van der Waals surface area (Å²) in [5.74, 6) is 0.310. The van der Waals surface area contributed by atoms with Gasteiger partial charge in [0.05, 0.1) is 6.67 Å². The van der Waals surface area contributed by atoms with Crippen molar-refractivity contribution < 1.29 is 4.79 Å². The standard InChI is InChI=1S/C8H16N2O/c1-3-9(2)7-10-6-4-5-8(10)11/h3-7H2,1-2H3. The fourth-order valence-electron chi connectivity index (χ4n) is 1.24. The summed E-state index contributed by atoms with van der Waals surface area (Å²) in [6, 6.07) is 0. The molecule has 0 atom stereocenters. The van der Waals surface area contributed by atoms with Crippen molar-refractivity contribution >= 4 is 5.91 Å². The molecule has 0 N–H and O–H groups in total. The molecule has 1 aliphatic rings. The number of carbonyl (C=O) groups is 1. The van der Waals surface area contributed by atoms with Gasteiger partial charge in [0.1, 0.15) is 0 Å². The third kappa shape index (κ3) is 2.19. The molecular formula is C8H16N2O. The first-order valence-electron chi connectivity index (χ1n) is 4.20. The number of rotatable bonds is 3. The molecule has 1 amide bonds. The number of likely N-dealkylation sites (tertiary alicyclic amines) is 1. The number of hydrogen-bond donors (Lipinski definition) is 0. The lowest BCUT2D eigenvalue weighted by atomic mass is 10.4.